The standard InChI is InChI=1S/C14H18N4O/c1-9-13(16-8-17-14(9)19-3)18-10(2)11-5-4-6-12(15)7-11/h4-8,10H,15H2,1-3H3,(H,16,17,18). The summed E-state index contributed by atoms with van der Waals surface area (Å²) in [7, 11) is 1.60. The van der Waals surface area contributed by atoms with Crippen LogP contribution in [0.5, 0.6) is 5.88 Å². The third-order valence-electron chi connectivity index (χ3n) is 3.00. The van der Waals surface area contributed by atoms with Crippen LogP contribution in [-0.4, -0.2) is 17.1 Å². The summed E-state index contributed by atoms with van der Waals surface area (Å²) < 4.78 is 5.18. The molecule has 1 unspecified atom stereocenters. The number of rotatable bonds is 4. The summed E-state index contributed by atoms with van der Waals surface area (Å²) in [6.45, 7) is 3.98. The fraction of sp³-hybridized carbons (Fsp3) is 0.286. The number of anilines is 2. The van der Waals surface area contributed by atoms with Crippen molar-refractivity contribution in [1.29, 1.82) is 0 Å². The molecule has 100 valence electrons. The summed E-state index contributed by atoms with van der Waals surface area (Å²) in [5.41, 5.74) is 8.54. The van der Waals surface area contributed by atoms with Crippen LogP contribution in [0.1, 0.15) is 24.1 Å². The molecule has 0 aliphatic rings. The lowest BCUT2D eigenvalue weighted by Gasteiger charge is -2.17. The number of aromatic nitrogens is 2. The molecule has 2 rings (SSSR count). The van der Waals surface area contributed by atoms with Crippen LogP contribution in [0.25, 0.3) is 0 Å². The largest absolute Gasteiger partial charge is 0.481 e. The van der Waals surface area contributed by atoms with Gasteiger partial charge in [-0.3, -0.25) is 0 Å². The van der Waals surface area contributed by atoms with Crippen LogP contribution in [0.2, 0.25) is 0 Å². The molecule has 0 amide bonds. The van der Waals surface area contributed by atoms with Gasteiger partial charge < -0.3 is 15.8 Å². The zero-order valence-electron chi connectivity index (χ0n) is 11.3. The highest BCUT2D eigenvalue weighted by atomic mass is 16.5. The third kappa shape index (κ3) is 2.93. The summed E-state index contributed by atoms with van der Waals surface area (Å²) in [4.78, 5) is 8.30. The molecule has 0 bridgehead atoms. The van der Waals surface area contributed by atoms with E-state index in [2.05, 4.69) is 22.2 Å². The van der Waals surface area contributed by atoms with E-state index in [-0.39, 0.29) is 6.04 Å². The highest BCUT2D eigenvalue weighted by Gasteiger charge is 2.11. The van der Waals surface area contributed by atoms with Crippen molar-refractivity contribution in [1.82, 2.24) is 9.97 Å². The van der Waals surface area contributed by atoms with Gasteiger partial charge in [-0.05, 0) is 31.5 Å². The van der Waals surface area contributed by atoms with Crippen LogP contribution in [-0.2, 0) is 0 Å². The Labute approximate surface area is 112 Å². The van der Waals surface area contributed by atoms with Crippen molar-refractivity contribution >= 4 is 11.5 Å². The van der Waals surface area contributed by atoms with E-state index in [1.807, 2.05) is 31.2 Å². The Morgan fingerprint density at radius 1 is 1.32 bits per heavy atom. The monoisotopic (exact) mass is 258 g/mol. The molecule has 0 fully saturated rings. The highest BCUT2D eigenvalue weighted by molar-refractivity contribution is 5.50. The average molecular weight is 258 g/mol. The quantitative estimate of drug-likeness (QED) is 0.824. The first kappa shape index (κ1) is 13.1. The Hall–Kier alpha value is -2.30. The van der Waals surface area contributed by atoms with Crippen molar-refractivity contribution in [3.8, 4) is 5.88 Å². The minimum absolute atomic E-state index is 0.0989. The van der Waals surface area contributed by atoms with Gasteiger partial charge in [0.05, 0.1) is 18.7 Å². The molecule has 1 heterocycles. The zero-order valence-corrected chi connectivity index (χ0v) is 11.3. The lowest BCUT2D eigenvalue weighted by Crippen LogP contribution is -2.10. The molecule has 2 aromatic rings. The third-order valence-corrected chi connectivity index (χ3v) is 3.00. The van der Waals surface area contributed by atoms with Crippen molar-refractivity contribution in [2.24, 2.45) is 0 Å². The van der Waals surface area contributed by atoms with E-state index in [4.69, 9.17) is 10.5 Å². The molecule has 3 N–H and O–H groups in total. The molecular weight excluding hydrogens is 240 g/mol. The highest BCUT2D eigenvalue weighted by Crippen LogP contribution is 2.25. The number of hydrogen-bond donors (Lipinski definition) is 2. The van der Waals surface area contributed by atoms with E-state index in [0.717, 1.165) is 22.6 Å². The predicted octanol–water partition coefficient (Wildman–Crippen LogP) is 2.55. The van der Waals surface area contributed by atoms with Gasteiger partial charge in [0.2, 0.25) is 5.88 Å². The molecule has 1 aromatic carbocycles. The maximum Gasteiger partial charge on any atom is 0.221 e. The second-order valence-electron chi connectivity index (χ2n) is 4.39. The van der Waals surface area contributed by atoms with Gasteiger partial charge in [0.25, 0.3) is 0 Å². The van der Waals surface area contributed by atoms with E-state index in [1.54, 1.807) is 7.11 Å². The molecule has 5 nitrogen and oxygen atoms in total. The lowest BCUT2D eigenvalue weighted by atomic mass is 10.1. The predicted molar refractivity (Wildman–Crippen MR) is 76.2 cm³/mol. The molecule has 0 aliphatic carbocycles. The first-order valence-corrected chi connectivity index (χ1v) is 6.09. The maximum absolute atomic E-state index is 5.79. The number of nitrogen functional groups attached to an aromatic ring is 1. The maximum atomic E-state index is 5.79. The molecule has 19 heavy (non-hydrogen) atoms. The second-order valence-corrected chi connectivity index (χ2v) is 4.39. The lowest BCUT2D eigenvalue weighted by molar-refractivity contribution is 0.393. The van der Waals surface area contributed by atoms with E-state index in [9.17, 15) is 0 Å². The van der Waals surface area contributed by atoms with Gasteiger partial charge in [-0.25, -0.2) is 9.97 Å². The van der Waals surface area contributed by atoms with Crippen LogP contribution in [0.15, 0.2) is 30.6 Å². The molecule has 0 radical (unpaired) electrons. The van der Waals surface area contributed by atoms with Gasteiger partial charge in [0.1, 0.15) is 12.1 Å². The minimum Gasteiger partial charge on any atom is -0.481 e. The summed E-state index contributed by atoms with van der Waals surface area (Å²) in [6, 6.07) is 7.89. The Morgan fingerprint density at radius 2 is 2.11 bits per heavy atom. The normalized spacial score (nSPS) is 11.9. The number of nitrogens with one attached hydrogen (secondary N) is 1. The Bertz CT molecular complexity index is 571. The molecule has 0 saturated heterocycles. The zero-order chi connectivity index (χ0) is 13.8. The number of methoxy groups -OCH3 is 1. The smallest absolute Gasteiger partial charge is 0.221 e. The molecule has 0 aliphatic heterocycles. The molecule has 5 heteroatoms. The molecule has 0 spiro atoms. The van der Waals surface area contributed by atoms with Gasteiger partial charge >= 0.3 is 0 Å². The first-order chi connectivity index (χ1) is 9.11. The van der Waals surface area contributed by atoms with Gasteiger partial charge in [-0.1, -0.05) is 12.1 Å². The molecule has 0 saturated carbocycles. The van der Waals surface area contributed by atoms with E-state index < -0.39 is 0 Å². The molecule has 1 atom stereocenters. The van der Waals surface area contributed by atoms with Crippen LogP contribution < -0.4 is 15.8 Å². The van der Waals surface area contributed by atoms with Crippen molar-refractivity contribution < 1.29 is 4.74 Å². The Kier molecular flexibility index (Phi) is 3.85. The Morgan fingerprint density at radius 3 is 2.79 bits per heavy atom. The van der Waals surface area contributed by atoms with Crippen molar-refractivity contribution in [2.75, 3.05) is 18.2 Å². The minimum atomic E-state index is 0.0989. The van der Waals surface area contributed by atoms with Gasteiger partial charge in [0, 0.05) is 5.69 Å². The van der Waals surface area contributed by atoms with E-state index in [0.29, 0.717) is 5.88 Å². The van der Waals surface area contributed by atoms with Crippen molar-refractivity contribution in [2.45, 2.75) is 19.9 Å². The van der Waals surface area contributed by atoms with Crippen molar-refractivity contribution in [3.05, 3.63) is 41.7 Å². The molecular formula is C14H18N4O. The SMILES string of the molecule is COc1ncnc(NC(C)c2cccc(N)c2)c1C. The average Bonchev–Trinajstić information content (AvgIpc) is 2.41. The van der Waals surface area contributed by atoms with Gasteiger partial charge in [-0.2, -0.15) is 0 Å². The second kappa shape index (κ2) is 5.56. The summed E-state index contributed by atoms with van der Waals surface area (Å²) in [5, 5.41) is 3.34. The van der Waals surface area contributed by atoms with Gasteiger partial charge in [0.15, 0.2) is 0 Å². The number of hydrogen-bond acceptors (Lipinski definition) is 5. The number of ether oxygens (including phenoxy) is 1. The number of nitrogens with zero attached hydrogens (tertiary/aromatic N) is 2. The van der Waals surface area contributed by atoms with Crippen LogP contribution >= 0.6 is 0 Å². The van der Waals surface area contributed by atoms with Crippen LogP contribution in [0, 0.1) is 6.92 Å². The number of benzene rings is 1. The van der Waals surface area contributed by atoms with Crippen LogP contribution in [0.3, 0.4) is 0 Å². The Balaban J connectivity index is 2.21. The van der Waals surface area contributed by atoms with Crippen LogP contribution in [0.4, 0.5) is 11.5 Å². The summed E-state index contributed by atoms with van der Waals surface area (Å²) in [6.07, 6.45) is 1.49. The number of nitrogens with two attached hydrogens (primary N) is 1. The summed E-state index contributed by atoms with van der Waals surface area (Å²) in [5.74, 6) is 1.35. The van der Waals surface area contributed by atoms with E-state index in [1.165, 1.54) is 6.33 Å². The molecule has 1 aromatic heterocycles. The summed E-state index contributed by atoms with van der Waals surface area (Å²) >= 11 is 0. The fourth-order valence-electron chi connectivity index (χ4n) is 1.90. The first-order valence-electron chi connectivity index (χ1n) is 6.09. The fourth-order valence-corrected chi connectivity index (χ4v) is 1.90. The topological polar surface area (TPSA) is 73.1 Å². The van der Waals surface area contributed by atoms with Gasteiger partial charge in [-0.15, -0.1) is 0 Å². The van der Waals surface area contributed by atoms with Crippen molar-refractivity contribution in [3.63, 3.8) is 0 Å². The van der Waals surface area contributed by atoms with E-state index >= 15 is 0 Å².